The van der Waals surface area contributed by atoms with Gasteiger partial charge in [-0.05, 0) is 12.8 Å². The zero-order valence-electron chi connectivity index (χ0n) is 17.0. The summed E-state index contributed by atoms with van der Waals surface area (Å²) in [7, 11) is -3.90. The first-order valence-corrected chi connectivity index (χ1v) is 12.1. The molecule has 0 unspecified atom stereocenters. The van der Waals surface area contributed by atoms with E-state index in [2.05, 4.69) is 12.3 Å². The van der Waals surface area contributed by atoms with Gasteiger partial charge in [-0.3, -0.25) is 16.1 Å². The molecule has 3 aliphatic heterocycles. The molecule has 0 aromatic carbocycles. The minimum Gasteiger partial charge on any atom is -0.370 e. The summed E-state index contributed by atoms with van der Waals surface area (Å²) in [5, 5.41) is 20.8. The van der Waals surface area contributed by atoms with E-state index in [9.17, 15) is 14.8 Å². The number of fused-ring (bicyclic) bond motifs is 1. The van der Waals surface area contributed by atoms with Gasteiger partial charge in [-0.15, -0.1) is 0 Å². The SMILES string of the molecule is CCCCCCCCCCCCCCC[C@](O)(NN)[C@]1(N)OP2(=O)OC1(O)O2. The normalized spacial score (nSPS) is 33.6. The lowest BCUT2D eigenvalue weighted by molar-refractivity contribution is -0.377. The number of nitrogens with one attached hydrogen (secondary N) is 1. The van der Waals surface area contributed by atoms with Crippen molar-refractivity contribution in [2.45, 2.75) is 114 Å². The number of nitrogens with two attached hydrogens (primary N) is 2. The molecule has 2 atom stereocenters. The average Bonchev–Trinajstić information content (AvgIpc) is 2.97. The highest BCUT2D eigenvalue weighted by atomic mass is 31.2. The molecule has 3 fully saturated rings. The summed E-state index contributed by atoms with van der Waals surface area (Å²) in [5.74, 6) is 2.96. The zero-order chi connectivity index (χ0) is 20.7. The number of phosphoric acid groups is 1. The maximum Gasteiger partial charge on any atom is 0.486 e. The van der Waals surface area contributed by atoms with Crippen molar-refractivity contribution in [2.24, 2.45) is 11.6 Å². The summed E-state index contributed by atoms with van der Waals surface area (Å²) in [4.78, 5) is 0. The zero-order valence-corrected chi connectivity index (χ0v) is 17.9. The first-order chi connectivity index (χ1) is 13.2. The molecule has 3 aliphatic rings. The molecule has 0 aliphatic carbocycles. The Hall–Kier alpha value is -0.0900. The summed E-state index contributed by atoms with van der Waals surface area (Å²) in [6.45, 7) is 2.24. The van der Waals surface area contributed by atoms with Crippen molar-refractivity contribution < 1.29 is 28.3 Å². The van der Waals surface area contributed by atoms with Crippen LogP contribution < -0.4 is 17.0 Å². The number of hydrogen-bond donors (Lipinski definition) is 5. The summed E-state index contributed by atoms with van der Waals surface area (Å²) < 4.78 is 26.1. The maximum atomic E-state index is 11.8. The van der Waals surface area contributed by atoms with Gasteiger partial charge in [0.1, 0.15) is 0 Å². The van der Waals surface area contributed by atoms with Crippen molar-refractivity contribution in [3.8, 4) is 0 Å². The van der Waals surface area contributed by atoms with E-state index in [1.54, 1.807) is 0 Å². The van der Waals surface area contributed by atoms with Crippen molar-refractivity contribution in [3.05, 3.63) is 0 Å². The lowest BCUT2D eigenvalue weighted by Crippen LogP contribution is -2.77. The van der Waals surface area contributed by atoms with Crippen LogP contribution in [0.5, 0.6) is 0 Å². The van der Waals surface area contributed by atoms with E-state index >= 15 is 0 Å². The smallest absolute Gasteiger partial charge is 0.370 e. The van der Waals surface area contributed by atoms with Crippen LogP contribution >= 0.6 is 7.82 Å². The Morgan fingerprint density at radius 1 is 0.893 bits per heavy atom. The van der Waals surface area contributed by atoms with Gasteiger partial charge in [0.2, 0.25) is 0 Å². The molecular weight excluding hydrogens is 385 g/mol. The van der Waals surface area contributed by atoms with Crippen LogP contribution in [0.25, 0.3) is 0 Å². The van der Waals surface area contributed by atoms with Crippen molar-refractivity contribution in [2.75, 3.05) is 0 Å². The Bertz CT molecular complexity index is 529. The predicted octanol–water partition coefficient (Wildman–Crippen LogP) is 3.11. The standard InChI is InChI=1S/C18H38N3O6P/c1-2-3-4-5-6-7-8-9-10-11-12-13-14-15-16(22,21-20)17(19)18(23)26-28(24,25-17)27-18/h21-23H,2-15,19-20H2,1H3/t16-,17+,18?,28?/m1/s1. The van der Waals surface area contributed by atoms with E-state index in [1.165, 1.54) is 57.8 Å². The summed E-state index contributed by atoms with van der Waals surface area (Å²) in [6, 6.07) is 0. The Kier molecular flexibility index (Phi) is 8.88. The number of unbranched alkanes of at least 4 members (excludes halogenated alkanes) is 12. The van der Waals surface area contributed by atoms with E-state index in [1.807, 2.05) is 0 Å². The minimum atomic E-state index is -3.90. The Balaban J connectivity index is 1.55. The van der Waals surface area contributed by atoms with Crippen LogP contribution in [-0.2, 0) is 18.1 Å². The molecule has 3 heterocycles. The number of phosphoric ester groups is 1. The van der Waals surface area contributed by atoms with Crippen molar-refractivity contribution in [1.29, 1.82) is 0 Å². The van der Waals surface area contributed by atoms with Crippen LogP contribution in [0.2, 0.25) is 0 Å². The topological polar surface area (TPSA) is 149 Å². The molecule has 0 aromatic rings. The molecule has 2 bridgehead atoms. The third kappa shape index (κ3) is 5.33. The van der Waals surface area contributed by atoms with Gasteiger partial charge >= 0.3 is 13.8 Å². The molecule has 3 saturated heterocycles. The molecule has 0 radical (unpaired) electrons. The van der Waals surface area contributed by atoms with E-state index < -0.39 is 25.2 Å². The highest BCUT2D eigenvalue weighted by molar-refractivity contribution is 7.50. The van der Waals surface area contributed by atoms with Gasteiger partial charge in [-0.1, -0.05) is 84.0 Å². The molecule has 7 N–H and O–H groups in total. The monoisotopic (exact) mass is 423 g/mol. The average molecular weight is 423 g/mol. The van der Waals surface area contributed by atoms with Crippen LogP contribution in [0.3, 0.4) is 0 Å². The quantitative estimate of drug-likeness (QED) is 0.0829. The summed E-state index contributed by atoms with van der Waals surface area (Å²) in [6.07, 6.45) is 15.5. The van der Waals surface area contributed by atoms with E-state index in [0.29, 0.717) is 6.42 Å². The second-order valence-corrected chi connectivity index (χ2v) is 9.48. The van der Waals surface area contributed by atoms with Crippen LogP contribution in [0, 0.1) is 0 Å². The van der Waals surface area contributed by atoms with Crippen molar-refractivity contribution in [1.82, 2.24) is 5.43 Å². The number of hydrazine groups is 1. The molecule has 28 heavy (non-hydrogen) atoms. The van der Waals surface area contributed by atoms with E-state index in [4.69, 9.17) is 25.1 Å². The van der Waals surface area contributed by atoms with E-state index in [-0.39, 0.29) is 6.42 Å². The molecule has 0 amide bonds. The largest absolute Gasteiger partial charge is 0.486 e. The Morgan fingerprint density at radius 2 is 1.32 bits per heavy atom. The van der Waals surface area contributed by atoms with Gasteiger partial charge < -0.3 is 10.2 Å². The third-order valence-electron chi connectivity index (χ3n) is 5.69. The first kappa shape index (κ1) is 24.2. The number of hydrogen-bond acceptors (Lipinski definition) is 9. The molecule has 0 saturated carbocycles. The molecular formula is C18H38N3O6P. The highest BCUT2D eigenvalue weighted by Gasteiger charge is 2.84. The molecule has 3 rings (SSSR count). The fourth-order valence-electron chi connectivity index (χ4n) is 3.82. The molecule has 0 spiro atoms. The van der Waals surface area contributed by atoms with Gasteiger partial charge in [-0.2, -0.15) is 0 Å². The number of rotatable bonds is 16. The minimum absolute atomic E-state index is 0.0901. The Labute approximate surface area is 168 Å². The molecule has 9 nitrogen and oxygen atoms in total. The lowest BCUT2D eigenvalue weighted by Gasteiger charge is -2.43. The van der Waals surface area contributed by atoms with Crippen LogP contribution in [0.15, 0.2) is 0 Å². The highest BCUT2D eigenvalue weighted by Crippen LogP contribution is 2.76. The molecule has 0 aromatic heterocycles. The van der Waals surface area contributed by atoms with Crippen LogP contribution in [0.4, 0.5) is 0 Å². The summed E-state index contributed by atoms with van der Waals surface area (Å²) >= 11 is 0. The van der Waals surface area contributed by atoms with Crippen molar-refractivity contribution in [3.63, 3.8) is 0 Å². The second kappa shape index (κ2) is 10.3. The second-order valence-electron chi connectivity index (χ2n) is 8.04. The van der Waals surface area contributed by atoms with Crippen LogP contribution in [-0.4, -0.2) is 27.6 Å². The first-order valence-electron chi connectivity index (χ1n) is 10.7. The Morgan fingerprint density at radius 3 is 1.68 bits per heavy atom. The van der Waals surface area contributed by atoms with Gasteiger partial charge in [0.25, 0.3) is 5.72 Å². The molecule has 166 valence electrons. The van der Waals surface area contributed by atoms with Gasteiger partial charge in [0.15, 0.2) is 5.72 Å². The van der Waals surface area contributed by atoms with Crippen molar-refractivity contribution >= 4 is 7.82 Å². The van der Waals surface area contributed by atoms with E-state index in [0.717, 1.165) is 19.3 Å². The fraction of sp³-hybridized carbons (Fsp3) is 1.00. The lowest BCUT2D eigenvalue weighted by atomic mass is 9.92. The fourth-order valence-corrected chi connectivity index (χ4v) is 5.40. The van der Waals surface area contributed by atoms with Gasteiger partial charge in [-0.25, -0.2) is 19.0 Å². The van der Waals surface area contributed by atoms with Gasteiger partial charge in [0, 0.05) is 0 Å². The van der Waals surface area contributed by atoms with Gasteiger partial charge in [0.05, 0.1) is 0 Å². The predicted molar refractivity (Wildman–Crippen MR) is 105 cm³/mol. The van der Waals surface area contributed by atoms with Crippen LogP contribution in [0.1, 0.15) is 96.8 Å². The molecule has 10 heteroatoms. The third-order valence-corrected chi connectivity index (χ3v) is 7.15. The number of aliphatic hydroxyl groups is 2. The maximum absolute atomic E-state index is 11.8. The summed E-state index contributed by atoms with van der Waals surface area (Å²) in [5.41, 5.74) is 3.78.